The van der Waals surface area contributed by atoms with Gasteiger partial charge in [0.1, 0.15) is 12.1 Å². The molecular formula is C52H50Cl2N4O8S. The molecule has 1 N–H and O–H groups in total. The molecule has 0 saturated heterocycles. The molecule has 6 aromatic rings. The molecule has 0 aromatic heterocycles. The number of aliphatic imine (C=N–C) groups is 2. The van der Waals surface area contributed by atoms with E-state index in [-0.39, 0.29) is 44.8 Å². The first-order valence-electron chi connectivity index (χ1n) is 20.5. The summed E-state index contributed by atoms with van der Waals surface area (Å²) >= 11 is 12.3. The molecule has 0 spiro atoms. The fourth-order valence-corrected chi connectivity index (χ4v) is 7.94. The van der Waals surface area contributed by atoms with Crippen molar-refractivity contribution < 1.29 is 38.5 Å². The number of carboxylic acid groups (broad SMARTS) is 1. The number of hydrogen-bond donors (Lipinski definition) is 1. The molecule has 2 aliphatic heterocycles. The average molecular weight is 962 g/mol. The molecule has 2 atom stereocenters. The topological polar surface area (TPSA) is 147 Å². The van der Waals surface area contributed by atoms with E-state index in [2.05, 4.69) is 9.98 Å². The Bertz CT molecular complexity index is 2760. The number of amides is 2. The minimum atomic E-state index is -0.996. The summed E-state index contributed by atoms with van der Waals surface area (Å²) in [5.41, 5.74) is 6.21. The summed E-state index contributed by atoms with van der Waals surface area (Å²) in [7, 11) is 4.44. The Labute approximate surface area is 406 Å². The second-order valence-corrected chi connectivity index (χ2v) is 16.0. The number of benzene rings is 6. The van der Waals surface area contributed by atoms with Crippen molar-refractivity contribution in [3.63, 3.8) is 0 Å². The third kappa shape index (κ3) is 12.3. The van der Waals surface area contributed by atoms with Gasteiger partial charge < -0.3 is 29.1 Å². The molecule has 2 aliphatic rings. The van der Waals surface area contributed by atoms with Crippen LogP contribution in [0.5, 0.6) is 0 Å². The van der Waals surface area contributed by atoms with Crippen molar-refractivity contribution in [1.29, 1.82) is 0 Å². The molecule has 0 aliphatic carbocycles. The maximum absolute atomic E-state index is 13.7. The van der Waals surface area contributed by atoms with E-state index in [1.807, 2.05) is 72.8 Å². The van der Waals surface area contributed by atoms with E-state index < -0.39 is 24.0 Å². The summed E-state index contributed by atoms with van der Waals surface area (Å²) in [4.78, 5) is 63.1. The molecule has 15 heteroatoms. The smallest absolute Gasteiger partial charge is 0.337 e. The number of ether oxygens (including phenoxy) is 3. The van der Waals surface area contributed by atoms with E-state index in [1.165, 1.54) is 26.4 Å². The van der Waals surface area contributed by atoms with Gasteiger partial charge in [0.15, 0.2) is 0 Å². The van der Waals surface area contributed by atoms with Gasteiger partial charge in [0.2, 0.25) is 11.8 Å². The number of esters is 1. The Hall–Kier alpha value is -6.93. The maximum Gasteiger partial charge on any atom is 0.337 e. The standard InChI is InChI=1S/C26H23ClN2O4.C25H21ClN2O4.CH4.H2S/c1-32-24-23(14-17-6-4-3-5-7-17)29(16-18-8-10-19(11-9-18)26(31)33-2)25(30)21-13-12-20(27)15-22(21)28-24;1-32-23-22(13-16-5-3-2-4-6-16)28(15-17-7-9-18(10-8-17)25(30)31)24(29)20-12-11-19(26)14-21(20)27-23;;/h3-13,15,23H,14,16H2,1-2H3;2-12,14,22H,13,15H2,1H3,(H,30,31);1H4;1H2/t23-;22-;;/m11../s1. The van der Waals surface area contributed by atoms with Gasteiger partial charge in [0.05, 0.1) is 55.0 Å². The van der Waals surface area contributed by atoms with Crippen LogP contribution in [0.3, 0.4) is 0 Å². The number of halogens is 2. The average Bonchev–Trinajstić information content (AvgIpc) is 3.49. The van der Waals surface area contributed by atoms with E-state index in [9.17, 15) is 24.3 Å². The first-order chi connectivity index (χ1) is 31.5. The number of methoxy groups -OCH3 is 3. The number of carboxylic acids is 1. The van der Waals surface area contributed by atoms with Crippen LogP contribution in [-0.4, -0.2) is 83.9 Å². The molecule has 346 valence electrons. The highest BCUT2D eigenvalue weighted by molar-refractivity contribution is 7.59. The van der Waals surface area contributed by atoms with Crippen LogP contribution in [0.1, 0.15) is 71.1 Å². The second kappa shape index (κ2) is 23.5. The van der Waals surface area contributed by atoms with Gasteiger partial charge in [-0.05, 0) is 82.9 Å². The molecular weight excluding hydrogens is 912 g/mol. The van der Waals surface area contributed by atoms with Gasteiger partial charge in [0, 0.05) is 36.0 Å². The van der Waals surface area contributed by atoms with E-state index in [1.54, 1.807) is 77.6 Å². The van der Waals surface area contributed by atoms with Crippen LogP contribution >= 0.6 is 36.7 Å². The number of nitrogens with zero attached hydrogens (tertiary/aromatic N) is 4. The number of aromatic carboxylic acids is 1. The Morgan fingerprint density at radius 3 is 1.31 bits per heavy atom. The van der Waals surface area contributed by atoms with Crippen molar-refractivity contribution in [2.45, 2.75) is 45.4 Å². The Morgan fingerprint density at radius 2 is 0.955 bits per heavy atom. The van der Waals surface area contributed by atoms with E-state index in [0.717, 1.165) is 22.3 Å². The van der Waals surface area contributed by atoms with Crippen LogP contribution in [0.15, 0.2) is 156 Å². The summed E-state index contributed by atoms with van der Waals surface area (Å²) in [6.45, 7) is 0.572. The number of carbonyl (C=O) groups excluding carboxylic acids is 3. The molecule has 2 amide bonds. The van der Waals surface area contributed by atoms with Crippen molar-refractivity contribution in [2.75, 3.05) is 21.3 Å². The fraction of sp³-hybridized carbons (Fsp3) is 0.192. The van der Waals surface area contributed by atoms with E-state index in [4.69, 9.17) is 37.4 Å². The van der Waals surface area contributed by atoms with Crippen molar-refractivity contribution in [3.8, 4) is 0 Å². The minimum absolute atomic E-state index is 0. The quantitative estimate of drug-likeness (QED) is 0.134. The lowest BCUT2D eigenvalue weighted by Crippen LogP contribution is -2.45. The van der Waals surface area contributed by atoms with Gasteiger partial charge in [0.25, 0.3) is 11.8 Å². The Kier molecular flexibility index (Phi) is 17.9. The molecule has 12 nitrogen and oxygen atoms in total. The van der Waals surface area contributed by atoms with Crippen molar-refractivity contribution in [1.82, 2.24) is 9.80 Å². The van der Waals surface area contributed by atoms with Crippen LogP contribution in [0.25, 0.3) is 0 Å². The minimum Gasteiger partial charge on any atom is -0.483 e. The monoisotopic (exact) mass is 960 g/mol. The lowest BCUT2D eigenvalue weighted by atomic mass is 10.0. The lowest BCUT2D eigenvalue weighted by Gasteiger charge is -2.31. The van der Waals surface area contributed by atoms with Crippen LogP contribution in [-0.2, 0) is 40.1 Å². The Morgan fingerprint density at radius 1 is 0.567 bits per heavy atom. The second-order valence-electron chi connectivity index (χ2n) is 15.1. The van der Waals surface area contributed by atoms with E-state index in [0.29, 0.717) is 69.3 Å². The van der Waals surface area contributed by atoms with Crippen LogP contribution in [0.4, 0.5) is 11.4 Å². The summed E-state index contributed by atoms with van der Waals surface area (Å²) in [5, 5.41) is 10.1. The number of hydrogen-bond acceptors (Lipinski definition) is 9. The highest BCUT2D eigenvalue weighted by Gasteiger charge is 2.36. The number of fused-ring (bicyclic) bond motifs is 2. The zero-order chi connectivity index (χ0) is 46.0. The molecule has 8 rings (SSSR count). The molecule has 0 radical (unpaired) electrons. The molecule has 2 heterocycles. The predicted molar refractivity (Wildman–Crippen MR) is 267 cm³/mol. The van der Waals surface area contributed by atoms with Gasteiger partial charge in [-0.1, -0.05) is 116 Å². The van der Waals surface area contributed by atoms with Crippen molar-refractivity contribution in [2.24, 2.45) is 9.98 Å². The SMILES string of the molecule is C.COC(=O)c1ccc(CN2C(=O)c3ccc(Cl)cc3N=C(OC)[C@H]2Cc2ccccc2)cc1.COC1=Nc2cc(Cl)ccc2C(=O)N(Cc2ccc(C(=O)O)cc2)[C@@H]1Cc1ccccc1.S. The first-order valence-corrected chi connectivity index (χ1v) is 21.2. The molecule has 6 aromatic carbocycles. The normalized spacial score (nSPS) is 15.0. The highest BCUT2D eigenvalue weighted by atomic mass is 35.5. The third-order valence-electron chi connectivity index (χ3n) is 10.9. The Balaban J connectivity index is 0.000000244. The molecule has 0 bridgehead atoms. The predicted octanol–water partition coefficient (Wildman–Crippen LogP) is 10.8. The van der Waals surface area contributed by atoms with E-state index >= 15 is 0 Å². The van der Waals surface area contributed by atoms with Crippen molar-refractivity contribution in [3.05, 3.63) is 200 Å². The fourth-order valence-electron chi connectivity index (χ4n) is 7.61. The maximum atomic E-state index is 13.7. The summed E-state index contributed by atoms with van der Waals surface area (Å²) in [5.74, 6) is -0.936. The molecule has 67 heavy (non-hydrogen) atoms. The molecule has 0 unspecified atom stereocenters. The lowest BCUT2D eigenvalue weighted by molar-refractivity contribution is 0.0598. The van der Waals surface area contributed by atoms with Crippen LogP contribution in [0.2, 0.25) is 10.0 Å². The number of rotatable bonds is 10. The summed E-state index contributed by atoms with van der Waals surface area (Å²) < 4.78 is 16.1. The highest BCUT2D eigenvalue weighted by Crippen LogP contribution is 2.33. The number of carbonyl (C=O) groups is 4. The first kappa shape index (κ1) is 51.1. The van der Waals surface area contributed by atoms with Gasteiger partial charge in [-0.25, -0.2) is 19.6 Å². The van der Waals surface area contributed by atoms with Crippen LogP contribution in [0, 0.1) is 0 Å². The van der Waals surface area contributed by atoms with Gasteiger partial charge >= 0.3 is 11.9 Å². The van der Waals surface area contributed by atoms with Crippen molar-refractivity contribution >= 4 is 83.6 Å². The van der Waals surface area contributed by atoms with Crippen LogP contribution < -0.4 is 0 Å². The third-order valence-corrected chi connectivity index (χ3v) is 11.4. The van der Waals surface area contributed by atoms with Gasteiger partial charge in [-0.2, -0.15) is 13.5 Å². The molecule has 0 saturated carbocycles. The zero-order valence-corrected chi connectivity index (χ0v) is 38.7. The summed E-state index contributed by atoms with van der Waals surface area (Å²) in [6, 6.07) is 42.3. The van der Waals surface area contributed by atoms with Gasteiger partial charge in [-0.15, -0.1) is 0 Å². The van der Waals surface area contributed by atoms with Gasteiger partial charge in [-0.3, -0.25) is 9.59 Å². The largest absolute Gasteiger partial charge is 0.483 e. The molecule has 0 fully saturated rings. The zero-order valence-electron chi connectivity index (χ0n) is 36.2. The summed E-state index contributed by atoms with van der Waals surface area (Å²) in [6.07, 6.45) is 1.04.